The van der Waals surface area contributed by atoms with Gasteiger partial charge in [0.05, 0.1) is 31.4 Å². The van der Waals surface area contributed by atoms with Crippen molar-refractivity contribution >= 4 is 39.0 Å². The molecule has 0 aromatic heterocycles. The van der Waals surface area contributed by atoms with Crippen LogP contribution >= 0.6 is 12.2 Å². The van der Waals surface area contributed by atoms with Gasteiger partial charge >= 0.3 is 5.97 Å². The van der Waals surface area contributed by atoms with E-state index in [9.17, 15) is 13.2 Å². The van der Waals surface area contributed by atoms with Crippen molar-refractivity contribution in [3.63, 3.8) is 0 Å². The first-order valence-electron chi connectivity index (χ1n) is 11.2. The van der Waals surface area contributed by atoms with Crippen molar-refractivity contribution in [3.05, 3.63) is 48.0 Å². The Kier molecular flexibility index (Phi) is 11.2. The van der Waals surface area contributed by atoms with Crippen LogP contribution in [0, 0.1) is 6.92 Å². The molecule has 0 amide bonds. The molecule has 1 atom stereocenters. The summed E-state index contributed by atoms with van der Waals surface area (Å²) in [6, 6.07) is 11.2. The Labute approximate surface area is 212 Å². The number of aryl methyl sites for hydroxylation is 1. The monoisotopic (exact) mass is 523 g/mol. The lowest BCUT2D eigenvalue weighted by atomic mass is 10.1. The quantitative estimate of drug-likeness (QED) is 0.206. The molecule has 192 valence electrons. The number of benzene rings is 2. The number of carbonyl (C=O) groups is 1. The van der Waals surface area contributed by atoms with Gasteiger partial charge in [-0.1, -0.05) is 17.7 Å². The third kappa shape index (κ3) is 9.00. The minimum Gasteiger partial charge on any atom is -0.497 e. The highest BCUT2D eigenvalue weighted by molar-refractivity contribution is 7.89. The Morgan fingerprint density at radius 1 is 1.06 bits per heavy atom. The first-order valence-corrected chi connectivity index (χ1v) is 13.1. The lowest BCUT2D eigenvalue weighted by Crippen LogP contribution is -2.43. The highest BCUT2D eigenvalue weighted by atomic mass is 32.2. The number of methoxy groups -OCH3 is 2. The Morgan fingerprint density at radius 3 is 2.40 bits per heavy atom. The SMILES string of the molecule is CCOC(=O)C(CCCCNS(=O)(=O)c1ccc(C)cc1)NC(=S)Nc1cc(OC)ccc1OC. The molecule has 0 aliphatic rings. The summed E-state index contributed by atoms with van der Waals surface area (Å²) in [7, 11) is -0.484. The van der Waals surface area contributed by atoms with E-state index < -0.39 is 22.0 Å². The first-order chi connectivity index (χ1) is 16.7. The number of unbranched alkanes of at least 4 members (excludes halogenated alkanes) is 1. The number of nitrogens with one attached hydrogen (secondary N) is 3. The van der Waals surface area contributed by atoms with Crippen LogP contribution in [-0.4, -0.2) is 52.9 Å². The average molecular weight is 524 g/mol. The highest BCUT2D eigenvalue weighted by Crippen LogP contribution is 2.28. The second-order valence-electron chi connectivity index (χ2n) is 7.68. The molecule has 35 heavy (non-hydrogen) atoms. The van der Waals surface area contributed by atoms with Crippen molar-refractivity contribution in [2.45, 2.75) is 44.0 Å². The number of sulfonamides is 1. The van der Waals surface area contributed by atoms with Crippen LogP contribution in [0.15, 0.2) is 47.4 Å². The van der Waals surface area contributed by atoms with Gasteiger partial charge in [-0.15, -0.1) is 0 Å². The zero-order valence-electron chi connectivity index (χ0n) is 20.4. The number of hydrogen-bond acceptors (Lipinski definition) is 7. The minimum atomic E-state index is -3.58. The maximum absolute atomic E-state index is 12.5. The zero-order chi connectivity index (χ0) is 25.8. The molecular formula is C24H33N3O6S2. The normalized spacial score (nSPS) is 11.9. The summed E-state index contributed by atoms with van der Waals surface area (Å²) in [6.07, 6.45) is 1.51. The zero-order valence-corrected chi connectivity index (χ0v) is 22.1. The van der Waals surface area contributed by atoms with Gasteiger partial charge in [-0.25, -0.2) is 17.9 Å². The molecule has 0 aliphatic heterocycles. The van der Waals surface area contributed by atoms with E-state index in [-0.39, 0.29) is 23.2 Å². The molecule has 0 aliphatic carbocycles. The number of carbonyl (C=O) groups excluding carboxylic acids is 1. The van der Waals surface area contributed by atoms with Gasteiger partial charge in [-0.2, -0.15) is 0 Å². The van der Waals surface area contributed by atoms with Crippen LogP contribution in [0.4, 0.5) is 5.69 Å². The van der Waals surface area contributed by atoms with Gasteiger partial charge in [0.25, 0.3) is 0 Å². The van der Waals surface area contributed by atoms with E-state index in [1.54, 1.807) is 56.5 Å². The lowest BCUT2D eigenvalue weighted by molar-refractivity contribution is -0.145. The Bertz CT molecular complexity index is 1090. The van der Waals surface area contributed by atoms with E-state index in [0.29, 0.717) is 36.4 Å². The molecule has 9 nitrogen and oxygen atoms in total. The average Bonchev–Trinajstić information content (AvgIpc) is 2.83. The van der Waals surface area contributed by atoms with E-state index in [4.69, 9.17) is 26.4 Å². The number of thiocarbonyl (C=S) groups is 1. The van der Waals surface area contributed by atoms with Crippen molar-refractivity contribution in [1.29, 1.82) is 0 Å². The number of hydrogen-bond donors (Lipinski definition) is 3. The van der Waals surface area contributed by atoms with Gasteiger partial charge in [-0.3, -0.25) is 0 Å². The third-order valence-corrected chi connectivity index (χ3v) is 6.77. The van der Waals surface area contributed by atoms with Crippen LogP contribution in [0.5, 0.6) is 11.5 Å². The molecule has 0 saturated heterocycles. The summed E-state index contributed by atoms with van der Waals surface area (Å²) in [4.78, 5) is 12.7. The number of esters is 1. The third-order valence-electron chi connectivity index (χ3n) is 5.07. The van der Waals surface area contributed by atoms with Gasteiger partial charge in [-0.05, 0) is 69.6 Å². The summed E-state index contributed by atoms with van der Waals surface area (Å²) in [5, 5.41) is 6.23. The predicted molar refractivity (Wildman–Crippen MR) is 140 cm³/mol. The van der Waals surface area contributed by atoms with Crippen molar-refractivity contribution in [2.75, 3.05) is 32.7 Å². The largest absolute Gasteiger partial charge is 0.497 e. The summed E-state index contributed by atoms with van der Waals surface area (Å²) in [5.41, 5.74) is 1.57. The van der Waals surface area contributed by atoms with Crippen LogP contribution in [-0.2, 0) is 19.6 Å². The fraction of sp³-hybridized carbons (Fsp3) is 0.417. The molecule has 0 fully saturated rings. The molecule has 0 spiro atoms. The molecule has 2 aromatic rings. The minimum absolute atomic E-state index is 0.217. The Balaban J connectivity index is 1.91. The van der Waals surface area contributed by atoms with E-state index in [1.807, 2.05) is 6.92 Å². The van der Waals surface area contributed by atoms with Crippen LogP contribution in [0.2, 0.25) is 0 Å². The van der Waals surface area contributed by atoms with Gasteiger partial charge in [0.1, 0.15) is 17.5 Å². The number of rotatable bonds is 13. The van der Waals surface area contributed by atoms with Gasteiger partial charge in [0, 0.05) is 12.6 Å². The molecule has 0 saturated carbocycles. The fourth-order valence-electron chi connectivity index (χ4n) is 3.20. The van der Waals surface area contributed by atoms with Gasteiger partial charge < -0.3 is 24.8 Å². The van der Waals surface area contributed by atoms with Crippen LogP contribution < -0.4 is 24.8 Å². The van der Waals surface area contributed by atoms with Crippen molar-refractivity contribution < 1.29 is 27.4 Å². The van der Waals surface area contributed by atoms with Crippen LogP contribution in [0.1, 0.15) is 31.7 Å². The van der Waals surface area contributed by atoms with Crippen molar-refractivity contribution in [1.82, 2.24) is 10.0 Å². The molecule has 0 heterocycles. The first kappa shape index (κ1) is 28.3. The topological polar surface area (TPSA) is 115 Å². The summed E-state index contributed by atoms with van der Waals surface area (Å²) < 4.78 is 43.2. The van der Waals surface area contributed by atoms with Gasteiger partial charge in [0.2, 0.25) is 10.0 Å². The number of ether oxygens (including phenoxy) is 3. The Hall–Kier alpha value is -2.89. The van der Waals surface area contributed by atoms with Crippen molar-refractivity contribution in [2.24, 2.45) is 0 Å². The van der Waals surface area contributed by atoms with E-state index in [2.05, 4.69) is 15.4 Å². The van der Waals surface area contributed by atoms with Gasteiger partial charge in [0.15, 0.2) is 5.11 Å². The molecular weight excluding hydrogens is 490 g/mol. The highest BCUT2D eigenvalue weighted by Gasteiger charge is 2.21. The van der Waals surface area contributed by atoms with E-state index in [0.717, 1.165) is 5.56 Å². The molecule has 11 heteroatoms. The molecule has 2 aromatic carbocycles. The lowest BCUT2D eigenvalue weighted by Gasteiger charge is -2.20. The second-order valence-corrected chi connectivity index (χ2v) is 9.85. The maximum Gasteiger partial charge on any atom is 0.328 e. The van der Waals surface area contributed by atoms with Crippen LogP contribution in [0.3, 0.4) is 0 Å². The molecule has 1 unspecified atom stereocenters. The maximum atomic E-state index is 12.5. The molecule has 0 radical (unpaired) electrons. The molecule has 3 N–H and O–H groups in total. The second kappa shape index (κ2) is 13.9. The summed E-state index contributed by atoms with van der Waals surface area (Å²) in [6.45, 7) is 4.10. The molecule has 0 bridgehead atoms. The fourth-order valence-corrected chi connectivity index (χ4v) is 4.53. The smallest absolute Gasteiger partial charge is 0.328 e. The van der Waals surface area contributed by atoms with E-state index >= 15 is 0 Å². The van der Waals surface area contributed by atoms with Crippen LogP contribution in [0.25, 0.3) is 0 Å². The number of anilines is 1. The van der Waals surface area contributed by atoms with Crippen molar-refractivity contribution in [3.8, 4) is 11.5 Å². The standard InChI is InChI=1S/C24H33N3O6S2/c1-5-33-23(28)20(26-24(34)27-21-16-18(31-3)11-14-22(21)32-4)8-6-7-15-25-35(29,30)19-12-9-17(2)10-13-19/h9-14,16,20,25H,5-8,15H2,1-4H3,(H2,26,27,34). The predicted octanol–water partition coefficient (Wildman–Crippen LogP) is 3.38. The Morgan fingerprint density at radius 2 is 1.77 bits per heavy atom. The molecule has 2 rings (SSSR count). The van der Waals surface area contributed by atoms with E-state index in [1.165, 1.54) is 7.11 Å². The summed E-state index contributed by atoms with van der Waals surface area (Å²) >= 11 is 5.40. The summed E-state index contributed by atoms with van der Waals surface area (Å²) in [5.74, 6) is 0.740.